The van der Waals surface area contributed by atoms with Crippen molar-refractivity contribution in [1.82, 2.24) is 10.9 Å². The first-order valence-corrected chi connectivity index (χ1v) is 6.49. The van der Waals surface area contributed by atoms with Crippen LogP contribution in [0.2, 0.25) is 0 Å². The number of hydrogen-bond donors (Lipinski definition) is 2. The second-order valence-corrected chi connectivity index (χ2v) is 4.50. The quantitative estimate of drug-likeness (QED) is 0.700. The van der Waals surface area contributed by atoms with Gasteiger partial charge in [0.2, 0.25) is 5.75 Å². The smallest absolute Gasteiger partial charge is 0.271 e. The van der Waals surface area contributed by atoms with Crippen molar-refractivity contribution in [1.29, 1.82) is 0 Å². The van der Waals surface area contributed by atoms with E-state index in [4.69, 9.17) is 18.9 Å². The van der Waals surface area contributed by atoms with Crippen molar-refractivity contribution in [3.05, 3.63) is 12.1 Å². The van der Waals surface area contributed by atoms with Gasteiger partial charge >= 0.3 is 0 Å². The summed E-state index contributed by atoms with van der Waals surface area (Å²) in [6, 6.07) is 3.41. The zero-order chi connectivity index (χ0) is 15.8. The maximum absolute atomic E-state index is 11.6. The van der Waals surface area contributed by atoms with Crippen LogP contribution in [0.3, 0.4) is 0 Å². The molecule has 0 atom stereocenters. The van der Waals surface area contributed by atoms with Crippen molar-refractivity contribution in [2.24, 2.45) is 0 Å². The van der Waals surface area contributed by atoms with Crippen LogP contribution in [0.15, 0.2) is 12.1 Å². The van der Waals surface area contributed by atoms with Gasteiger partial charge in [0.1, 0.15) is 5.75 Å². The number of carbonyl (C=O) groups is 1. The number of rotatable bonds is 8. The summed E-state index contributed by atoms with van der Waals surface area (Å²) in [4.78, 5) is 11.6. The summed E-state index contributed by atoms with van der Waals surface area (Å²) in [6.07, 6.45) is 0. The van der Waals surface area contributed by atoms with Crippen molar-refractivity contribution in [2.75, 3.05) is 27.9 Å². The predicted octanol–water partition coefficient (Wildman–Crippen LogP) is 1.12. The van der Waals surface area contributed by atoms with E-state index < -0.39 is 0 Å². The van der Waals surface area contributed by atoms with Crippen LogP contribution in [0.4, 0.5) is 0 Å². The van der Waals surface area contributed by atoms with Crippen LogP contribution < -0.4 is 29.8 Å². The van der Waals surface area contributed by atoms with Crippen LogP contribution in [0, 0.1) is 0 Å². The Morgan fingerprint density at radius 1 is 1.10 bits per heavy atom. The van der Waals surface area contributed by atoms with Crippen LogP contribution in [0.1, 0.15) is 13.8 Å². The highest BCUT2D eigenvalue weighted by molar-refractivity contribution is 5.77. The zero-order valence-electron chi connectivity index (χ0n) is 13.0. The highest BCUT2D eigenvalue weighted by Crippen LogP contribution is 2.40. The van der Waals surface area contributed by atoms with E-state index in [1.54, 1.807) is 12.1 Å². The average Bonchev–Trinajstić information content (AvgIpc) is 2.49. The highest BCUT2D eigenvalue weighted by Gasteiger charge is 2.14. The molecule has 0 bridgehead atoms. The molecule has 0 unspecified atom stereocenters. The molecular formula is C14H22N2O5. The van der Waals surface area contributed by atoms with E-state index in [1.165, 1.54) is 21.3 Å². The summed E-state index contributed by atoms with van der Waals surface area (Å²) in [5.41, 5.74) is 5.33. The first kappa shape index (κ1) is 16.9. The molecule has 1 aromatic rings. The van der Waals surface area contributed by atoms with Crippen molar-refractivity contribution >= 4 is 5.91 Å². The van der Waals surface area contributed by atoms with Gasteiger partial charge in [-0.05, 0) is 13.8 Å². The molecule has 0 aromatic heterocycles. The molecule has 0 radical (unpaired) electrons. The Bertz CT molecular complexity index is 451. The second kappa shape index (κ2) is 8.21. The SMILES string of the molecule is COc1cc(OCC(=O)NNC(C)C)cc(OC)c1OC. The van der Waals surface area contributed by atoms with Gasteiger partial charge in [-0.25, -0.2) is 5.43 Å². The summed E-state index contributed by atoms with van der Waals surface area (Å²) in [5, 5.41) is 0. The monoisotopic (exact) mass is 298 g/mol. The van der Waals surface area contributed by atoms with Gasteiger partial charge in [0.15, 0.2) is 18.1 Å². The van der Waals surface area contributed by atoms with Crippen molar-refractivity contribution in [2.45, 2.75) is 19.9 Å². The molecular weight excluding hydrogens is 276 g/mol. The Labute approximate surface area is 124 Å². The lowest BCUT2D eigenvalue weighted by Crippen LogP contribution is -2.43. The molecule has 0 spiro atoms. The minimum atomic E-state index is -0.280. The standard InChI is InChI=1S/C14H22N2O5/c1-9(2)15-16-13(17)8-21-10-6-11(18-3)14(20-5)12(7-10)19-4/h6-7,9,15H,8H2,1-5H3,(H,16,17). The van der Waals surface area contributed by atoms with Crippen molar-refractivity contribution < 1.29 is 23.7 Å². The number of carbonyl (C=O) groups excluding carboxylic acids is 1. The van der Waals surface area contributed by atoms with Gasteiger partial charge in [-0.3, -0.25) is 10.2 Å². The van der Waals surface area contributed by atoms with E-state index in [1.807, 2.05) is 13.8 Å². The second-order valence-electron chi connectivity index (χ2n) is 4.50. The normalized spacial score (nSPS) is 10.2. The molecule has 1 rings (SSSR count). The fourth-order valence-electron chi connectivity index (χ4n) is 1.55. The van der Waals surface area contributed by atoms with Gasteiger partial charge in [0.25, 0.3) is 5.91 Å². The topological polar surface area (TPSA) is 78.1 Å². The minimum absolute atomic E-state index is 0.127. The molecule has 1 amide bonds. The number of methoxy groups -OCH3 is 3. The Hall–Kier alpha value is -2.15. The van der Waals surface area contributed by atoms with Crippen LogP contribution in [0.5, 0.6) is 23.0 Å². The minimum Gasteiger partial charge on any atom is -0.493 e. The van der Waals surface area contributed by atoms with Crippen molar-refractivity contribution in [3.8, 4) is 23.0 Å². The van der Waals surface area contributed by atoms with E-state index in [0.29, 0.717) is 23.0 Å². The van der Waals surface area contributed by atoms with Gasteiger partial charge in [0.05, 0.1) is 21.3 Å². The maximum atomic E-state index is 11.6. The largest absolute Gasteiger partial charge is 0.493 e. The van der Waals surface area contributed by atoms with E-state index >= 15 is 0 Å². The number of amides is 1. The average molecular weight is 298 g/mol. The third-order valence-corrected chi connectivity index (χ3v) is 2.51. The molecule has 0 fully saturated rings. The van der Waals surface area contributed by atoms with E-state index in [2.05, 4.69) is 10.9 Å². The van der Waals surface area contributed by atoms with Crippen LogP contribution in [-0.2, 0) is 4.79 Å². The van der Waals surface area contributed by atoms with Gasteiger partial charge in [-0.1, -0.05) is 0 Å². The first-order valence-electron chi connectivity index (χ1n) is 6.49. The summed E-state index contributed by atoms with van der Waals surface area (Å²) >= 11 is 0. The Balaban J connectivity index is 2.73. The molecule has 21 heavy (non-hydrogen) atoms. The molecule has 0 aliphatic rings. The van der Waals surface area contributed by atoms with Gasteiger partial charge in [-0.2, -0.15) is 0 Å². The Kier molecular flexibility index (Phi) is 6.61. The van der Waals surface area contributed by atoms with E-state index in [9.17, 15) is 4.79 Å². The van der Waals surface area contributed by atoms with E-state index in [-0.39, 0.29) is 18.6 Å². The molecule has 0 saturated heterocycles. The highest BCUT2D eigenvalue weighted by atomic mass is 16.5. The van der Waals surface area contributed by atoms with Crippen LogP contribution in [0.25, 0.3) is 0 Å². The third kappa shape index (κ3) is 5.03. The molecule has 1 aromatic carbocycles. The lowest BCUT2D eigenvalue weighted by molar-refractivity contribution is -0.124. The molecule has 0 saturated carbocycles. The number of hydrazine groups is 1. The lowest BCUT2D eigenvalue weighted by atomic mass is 10.2. The lowest BCUT2D eigenvalue weighted by Gasteiger charge is -2.15. The maximum Gasteiger partial charge on any atom is 0.271 e. The van der Waals surface area contributed by atoms with Crippen LogP contribution >= 0.6 is 0 Å². The summed E-state index contributed by atoms with van der Waals surface area (Å²) < 4.78 is 21.0. The molecule has 7 nitrogen and oxygen atoms in total. The molecule has 0 aliphatic carbocycles. The van der Waals surface area contributed by atoms with Gasteiger partial charge in [0, 0.05) is 18.2 Å². The summed E-state index contributed by atoms with van der Waals surface area (Å²) in [7, 11) is 4.55. The third-order valence-electron chi connectivity index (χ3n) is 2.51. The first-order chi connectivity index (χ1) is 10.0. The summed E-state index contributed by atoms with van der Waals surface area (Å²) in [6.45, 7) is 3.71. The number of nitrogens with one attached hydrogen (secondary N) is 2. The number of benzene rings is 1. The fourth-order valence-corrected chi connectivity index (χ4v) is 1.55. The molecule has 2 N–H and O–H groups in total. The number of ether oxygens (including phenoxy) is 4. The predicted molar refractivity (Wildman–Crippen MR) is 78.0 cm³/mol. The van der Waals surface area contributed by atoms with Crippen molar-refractivity contribution in [3.63, 3.8) is 0 Å². The Morgan fingerprint density at radius 2 is 1.67 bits per heavy atom. The molecule has 0 aliphatic heterocycles. The summed E-state index contributed by atoms with van der Waals surface area (Å²) in [5.74, 6) is 1.57. The molecule has 118 valence electrons. The Morgan fingerprint density at radius 3 is 2.10 bits per heavy atom. The molecule has 0 heterocycles. The molecule has 7 heteroatoms. The van der Waals surface area contributed by atoms with Gasteiger partial charge < -0.3 is 18.9 Å². The van der Waals surface area contributed by atoms with Gasteiger partial charge in [-0.15, -0.1) is 0 Å². The number of hydrogen-bond acceptors (Lipinski definition) is 6. The van der Waals surface area contributed by atoms with Crippen LogP contribution in [-0.4, -0.2) is 39.9 Å². The fraction of sp³-hybridized carbons (Fsp3) is 0.500. The zero-order valence-corrected chi connectivity index (χ0v) is 13.0. The van der Waals surface area contributed by atoms with E-state index in [0.717, 1.165) is 0 Å².